The van der Waals surface area contributed by atoms with Crippen LogP contribution in [0.3, 0.4) is 0 Å². The maximum Gasteiger partial charge on any atom is 0.326 e. The van der Waals surface area contributed by atoms with Gasteiger partial charge in [0, 0.05) is 24.7 Å². The predicted octanol–water partition coefficient (Wildman–Crippen LogP) is -3.46. The van der Waals surface area contributed by atoms with Crippen LogP contribution in [0.1, 0.15) is 31.9 Å². The van der Waals surface area contributed by atoms with Crippen molar-refractivity contribution in [3.63, 3.8) is 0 Å². The summed E-state index contributed by atoms with van der Waals surface area (Å²) in [6.45, 7) is 1.26. The predicted molar refractivity (Wildman–Crippen MR) is 114 cm³/mol. The number of nitrogens with two attached hydrogens (primary N) is 1. The lowest BCUT2D eigenvalue weighted by Crippen LogP contribution is -2.58. The van der Waals surface area contributed by atoms with E-state index in [0.717, 1.165) is 0 Å². The molecule has 5 atom stereocenters. The monoisotopic (exact) mass is 500 g/mol. The van der Waals surface area contributed by atoms with Gasteiger partial charge >= 0.3 is 17.9 Å². The van der Waals surface area contributed by atoms with Crippen molar-refractivity contribution in [2.75, 3.05) is 0 Å². The molecule has 0 radical (unpaired) electrons. The molecule has 10 N–H and O–H groups in total. The summed E-state index contributed by atoms with van der Waals surface area (Å²) in [4.78, 5) is 77.5. The number of nitrogens with one attached hydrogen (secondary N) is 4. The first-order chi connectivity index (χ1) is 16.3. The van der Waals surface area contributed by atoms with Gasteiger partial charge in [-0.2, -0.15) is 0 Å². The van der Waals surface area contributed by atoms with E-state index in [1.807, 2.05) is 5.32 Å². The Hall–Kier alpha value is -4.05. The number of aliphatic carboxylic acids is 3. The van der Waals surface area contributed by atoms with Crippen molar-refractivity contribution >= 4 is 35.6 Å². The fraction of sp³-hybridized carbons (Fsp3) is 0.526. The van der Waals surface area contributed by atoms with Gasteiger partial charge in [0.2, 0.25) is 17.7 Å². The first-order valence-corrected chi connectivity index (χ1v) is 10.3. The van der Waals surface area contributed by atoms with Crippen LogP contribution >= 0.6 is 0 Å². The number of nitrogens with zero attached hydrogens (tertiary/aromatic N) is 1. The molecule has 1 aromatic heterocycles. The van der Waals surface area contributed by atoms with Crippen LogP contribution in [0.15, 0.2) is 12.5 Å². The number of aromatic nitrogens is 2. The summed E-state index contributed by atoms with van der Waals surface area (Å²) in [6, 6.07) is -6.16. The van der Waals surface area contributed by atoms with Gasteiger partial charge in [-0.3, -0.25) is 24.0 Å². The van der Waals surface area contributed by atoms with Crippen molar-refractivity contribution in [1.82, 2.24) is 25.9 Å². The highest BCUT2D eigenvalue weighted by Gasteiger charge is 2.32. The number of aromatic amines is 1. The van der Waals surface area contributed by atoms with Crippen LogP contribution in [0.5, 0.6) is 0 Å². The molecule has 16 heteroatoms. The van der Waals surface area contributed by atoms with Gasteiger partial charge in [-0.25, -0.2) is 9.78 Å². The van der Waals surface area contributed by atoms with Gasteiger partial charge in [0.15, 0.2) is 0 Å². The van der Waals surface area contributed by atoms with E-state index < -0.39 is 85.2 Å². The Balaban J connectivity index is 3.09. The Labute approximate surface area is 198 Å². The zero-order valence-electron chi connectivity index (χ0n) is 18.6. The summed E-state index contributed by atoms with van der Waals surface area (Å²) in [5, 5.41) is 43.0. The molecule has 0 fully saturated rings. The first kappa shape index (κ1) is 29.0. The number of carboxylic acids is 3. The highest BCUT2D eigenvalue weighted by molar-refractivity contribution is 5.95. The van der Waals surface area contributed by atoms with Gasteiger partial charge in [0.05, 0.1) is 18.9 Å². The minimum absolute atomic E-state index is 0.159. The lowest BCUT2D eigenvalue weighted by atomic mass is 10.1. The molecule has 0 bridgehead atoms. The Morgan fingerprint density at radius 3 is 2.00 bits per heavy atom. The molecular formula is C19H28N6O10. The molecule has 0 saturated carbocycles. The minimum Gasteiger partial charge on any atom is -0.481 e. The van der Waals surface area contributed by atoms with E-state index in [9.17, 15) is 33.9 Å². The molecule has 1 rings (SSSR count). The van der Waals surface area contributed by atoms with E-state index in [0.29, 0.717) is 5.69 Å². The van der Waals surface area contributed by atoms with Gasteiger partial charge in [-0.15, -0.1) is 0 Å². The molecule has 3 amide bonds. The lowest BCUT2D eigenvalue weighted by Gasteiger charge is -2.25. The summed E-state index contributed by atoms with van der Waals surface area (Å²) in [7, 11) is 0. The van der Waals surface area contributed by atoms with Crippen molar-refractivity contribution in [2.45, 2.75) is 62.9 Å². The summed E-state index contributed by atoms with van der Waals surface area (Å²) >= 11 is 0. The number of carbonyl (C=O) groups excluding carboxylic acids is 3. The quantitative estimate of drug-likeness (QED) is 0.114. The van der Waals surface area contributed by atoms with E-state index in [1.165, 1.54) is 19.4 Å². The van der Waals surface area contributed by atoms with E-state index in [1.54, 1.807) is 0 Å². The molecule has 0 spiro atoms. The maximum atomic E-state index is 13.0. The smallest absolute Gasteiger partial charge is 0.326 e. The van der Waals surface area contributed by atoms with Crippen molar-refractivity contribution in [2.24, 2.45) is 5.73 Å². The number of aliphatic hydroxyl groups excluding tert-OH is 1. The standard InChI is InChI=1S/C19H28N6O10/c1-8(26)15(20)18(33)24-11(4-9-6-21-7-22-9)17(32)23-10(2-3-13(27)28)16(31)25-12(19(34)35)5-14(29)30/h6-8,10-12,15,26H,2-5,20H2,1H3,(H,21,22)(H,23,32)(H,24,33)(H,25,31)(H,27,28)(H,29,30)(H,34,35). The number of rotatable bonds is 15. The van der Waals surface area contributed by atoms with Crippen LogP contribution in [0.4, 0.5) is 0 Å². The molecule has 16 nitrogen and oxygen atoms in total. The number of carboxylic acid groups (broad SMARTS) is 3. The van der Waals surface area contributed by atoms with Crippen LogP contribution in [0, 0.1) is 0 Å². The van der Waals surface area contributed by atoms with Crippen LogP contribution in [0.25, 0.3) is 0 Å². The van der Waals surface area contributed by atoms with Crippen LogP contribution in [0.2, 0.25) is 0 Å². The second-order valence-electron chi connectivity index (χ2n) is 7.60. The summed E-state index contributed by atoms with van der Waals surface area (Å²) < 4.78 is 0. The summed E-state index contributed by atoms with van der Waals surface area (Å²) in [6.07, 6.45) is -0.763. The second-order valence-corrected chi connectivity index (χ2v) is 7.60. The Kier molecular flexibility index (Phi) is 11.3. The van der Waals surface area contributed by atoms with Gasteiger partial charge in [-0.1, -0.05) is 0 Å². The number of H-pyrrole nitrogens is 1. The third kappa shape index (κ3) is 10.2. The molecule has 0 aliphatic carbocycles. The first-order valence-electron chi connectivity index (χ1n) is 10.3. The fourth-order valence-electron chi connectivity index (χ4n) is 2.77. The molecular weight excluding hydrogens is 472 g/mol. The molecule has 0 aliphatic rings. The SMILES string of the molecule is CC(O)C(N)C(=O)NC(Cc1cnc[nH]1)C(=O)NC(CCC(=O)O)C(=O)NC(CC(=O)O)C(=O)O. The topological polar surface area (TPSA) is 274 Å². The normalized spacial score (nSPS) is 15.1. The van der Waals surface area contributed by atoms with Gasteiger partial charge in [0.25, 0.3) is 0 Å². The van der Waals surface area contributed by atoms with E-state index in [-0.39, 0.29) is 6.42 Å². The van der Waals surface area contributed by atoms with Crippen molar-refractivity contribution in [1.29, 1.82) is 0 Å². The molecule has 194 valence electrons. The number of imidazole rings is 1. The van der Waals surface area contributed by atoms with Gasteiger partial charge < -0.3 is 47.1 Å². The second kappa shape index (κ2) is 13.6. The van der Waals surface area contributed by atoms with Gasteiger partial charge in [-0.05, 0) is 13.3 Å². The number of carbonyl (C=O) groups is 6. The number of hydrogen-bond donors (Lipinski definition) is 9. The molecule has 0 saturated heterocycles. The highest BCUT2D eigenvalue weighted by Crippen LogP contribution is 2.05. The molecule has 0 aliphatic heterocycles. The third-order valence-corrected chi connectivity index (χ3v) is 4.71. The highest BCUT2D eigenvalue weighted by atomic mass is 16.4. The van der Waals surface area contributed by atoms with E-state index in [4.69, 9.17) is 21.1 Å². The van der Waals surface area contributed by atoms with E-state index in [2.05, 4.69) is 20.6 Å². The summed E-state index contributed by atoms with van der Waals surface area (Å²) in [5.74, 6) is -7.47. The molecule has 1 aromatic rings. The van der Waals surface area contributed by atoms with Crippen LogP contribution in [-0.2, 0) is 35.2 Å². The Morgan fingerprint density at radius 2 is 1.51 bits per heavy atom. The molecule has 0 aromatic carbocycles. The van der Waals surface area contributed by atoms with Gasteiger partial charge in [0.1, 0.15) is 24.2 Å². The van der Waals surface area contributed by atoms with Crippen molar-refractivity contribution in [3.05, 3.63) is 18.2 Å². The summed E-state index contributed by atoms with van der Waals surface area (Å²) in [5.41, 5.74) is 5.99. The average molecular weight is 500 g/mol. The van der Waals surface area contributed by atoms with E-state index >= 15 is 0 Å². The largest absolute Gasteiger partial charge is 0.481 e. The van der Waals surface area contributed by atoms with Crippen LogP contribution < -0.4 is 21.7 Å². The Bertz CT molecular complexity index is 919. The van der Waals surface area contributed by atoms with Crippen LogP contribution in [-0.4, -0.2) is 96.3 Å². The number of aliphatic hydroxyl groups is 1. The lowest BCUT2D eigenvalue weighted by molar-refractivity contribution is -0.147. The third-order valence-electron chi connectivity index (χ3n) is 4.71. The van der Waals surface area contributed by atoms with Crippen molar-refractivity contribution in [3.8, 4) is 0 Å². The molecule has 35 heavy (non-hydrogen) atoms. The molecule has 1 heterocycles. The zero-order chi connectivity index (χ0) is 26.7. The van der Waals surface area contributed by atoms with Crippen molar-refractivity contribution < 1.29 is 49.2 Å². The average Bonchev–Trinajstić information content (AvgIpc) is 3.27. The Morgan fingerprint density at radius 1 is 0.943 bits per heavy atom. The fourth-order valence-corrected chi connectivity index (χ4v) is 2.77. The number of hydrogen-bond acceptors (Lipinski definition) is 9. The minimum atomic E-state index is -1.84. The maximum absolute atomic E-state index is 13.0. The molecule has 5 unspecified atom stereocenters. The zero-order valence-corrected chi connectivity index (χ0v) is 18.6. The number of amides is 3.